The molecule has 0 aromatic heterocycles. The Morgan fingerprint density at radius 3 is 2.56 bits per heavy atom. The molecule has 0 aliphatic carbocycles. The van der Waals surface area contributed by atoms with Gasteiger partial charge in [0.15, 0.2) is 0 Å². The summed E-state index contributed by atoms with van der Waals surface area (Å²) in [6, 6.07) is 5.43. The van der Waals surface area contributed by atoms with Crippen LogP contribution in [0.3, 0.4) is 0 Å². The highest BCUT2D eigenvalue weighted by Gasteiger charge is 2.07. The highest BCUT2D eigenvalue weighted by Crippen LogP contribution is 2.09. The molecule has 5 heteroatoms. The van der Waals surface area contributed by atoms with Crippen LogP contribution in [0, 0.1) is 5.82 Å². The standard InChI is InChI=1S/C13H19FN2O2/c1-16(9-3-2-4-10-17)13(18)15-12-7-5-11(14)6-8-12/h5-8,17H,2-4,9-10H2,1H3,(H,15,18). The summed E-state index contributed by atoms with van der Waals surface area (Å²) >= 11 is 0. The number of amides is 2. The lowest BCUT2D eigenvalue weighted by atomic mass is 10.2. The number of carbonyl (C=O) groups is 1. The third kappa shape index (κ3) is 5.14. The van der Waals surface area contributed by atoms with Gasteiger partial charge < -0.3 is 15.3 Å². The smallest absolute Gasteiger partial charge is 0.321 e. The van der Waals surface area contributed by atoms with Crippen LogP contribution < -0.4 is 5.32 Å². The van der Waals surface area contributed by atoms with Gasteiger partial charge in [0.1, 0.15) is 5.82 Å². The SMILES string of the molecule is CN(CCCCCO)C(=O)Nc1ccc(F)cc1. The number of carbonyl (C=O) groups excluding carboxylic acids is 1. The normalized spacial score (nSPS) is 10.2. The van der Waals surface area contributed by atoms with Crippen LogP contribution in [0.15, 0.2) is 24.3 Å². The molecule has 0 saturated carbocycles. The van der Waals surface area contributed by atoms with Crippen LogP contribution in [0.2, 0.25) is 0 Å². The lowest BCUT2D eigenvalue weighted by Gasteiger charge is -2.17. The summed E-state index contributed by atoms with van der Waals surface area (Å²) < 4.78 is 12.7. The van der Waals surface area contributed by atoms with E-state index >= 15 is 0 Å². The molecular weight excluding hydrogens is 235 g/mol. The van der Waals surface area contributed by atoms with Crippen molar-refractivity contribution in [2.75, 3.05) is 25.5 Å². The van der Waals surface area contributed by atoms with Gasteiger partial charge in [0, 0.05) is 25.9 Å². The van der Waals surface area contributed by atoms with Crippen molar-refractivity contribution in [3.63, 3.8) is 0 Å². The van der Waals surface area contributed by atoms with Gasteiger partial charge in [-0.3, -0.25) is 0 Å². The highest BCUT2D eigenvalue weighted by atomic mass is 19.1. The number of rotatable bonds is 6. The summed E-state index contributed by atoms with van der Waals surface area (Å²) in [5.41, 5.74) is 0.573. The van der Waals surface area contributed by atoms with E-state index in [1.54, 1.807) is 11.9 Å². The Morgan fingerprint density at radius 2 is 1.94 bits per heavy atom. The molecule has 0 radical (unpaired) electrons. The molecule has 2 N–H and O–H groups in total. The zero-order chi connectivity index (χ0) is 13.4. The van der Waals surface area contributed by atoms with E-state index in [1.165, 1.54) is 24.3 Å². The Bertz CT molecular complexity index is 368. The second kappa shape index (κ2) is 7.66. The average Bonchev–Trinajstić information content (AvgIpc) is 2.37. The lowest BCUT2D eigenvalue weighted by molar-refractivity contribution is 0.220. The van der Waals surface area contributed by atoms with Crippen molar-refractivity contribution in [2.45, 2.75) is 19.3 Å². The number of benzene rings is 1. The van der Waals surface area contributed by atoms with Crippen molar-refractivity contribution in [2.24, 2.45) is 0 Å². The summed E-state index contributed by atoms with van der Waals surface area (Å²) in [4.78, 5) is 13.3. The van der Waals surface area contributed by atoms with Gasteiger partial charge in [0.2, 0.25) is 0 Å². The number of aliphatic hydroxyl groups excluding tert-OH is 1. The maximum atomic E-state index is 12.7. The van der Waals surface area contributed by atoms with Crippen molar-refractivity contribution < 1.29 is 14.3 Å². The van der Waals surface area contributed by atoms with Gasteiger partial charge >= 0.3 is 6.03 Å². The first-order chi connectivity index (χ1) is 8.63. The van der Waals surface area contributed by atoms with Crippen molar-refractivity contribution in [1.82, 2.24) is 4.90 Å². The largest absolute Gasteiger partial charge is 0.396 e. The molecule has 0 heterocycles. The van der Waals surface area contributed by atoms with E-state index in [4.69, 9.17) is 5.11 Å². The third-order valence-corrected chi connectivity index (χ3v) is 2.59. The Morgan fingerprint density at radius 1 is 1.28 bits per heavy atom. The number of aliphatic hydroxyl groups is 1. The average molecular weight is 254 g/mol. The maximum absolute atomic E-state index is 12.7. The number of nitrogens with one attached hydrogen (secondary N) is 1. The molecular formula is C13H19FN2O2. The van der Waals surface area contributed by atoms with Crippen LogP contribution in [0.25, 0.3) is 0 Å². The Kier molecular flexibility index (Phi) is 6.14. The summed E-state index contributed by atoms with van der Waals surface area (Å²) in [6.45, 7) is 0.818. The number of urea groups is 1. The monoisotopic (exact) mass is 254 g/mol. The van der Waals surface area contributed by atoms with Gasteiger partial charge in [-0.05, 0) is 43.5 Å². The number of nitrogens with zero attached hydrogens (tertiary/aromatic N) is 1. The molecule has 1 aromatic carbocycles. The first kappa shape index (κ1) is 14.4. The predicted molar refractivity (Wildman–Crippen MR) is 69.0 cm³/mol. The molecule has 2 amide bonds. The van der Waals surface area contributed by atoms with Gasteiger partial charge in [0.05, 0.1) is 0 Å². The highest BCUT2D eigenvalue weighted by molar-refractivity contribution is 5.89. The van der Waals surface area contributed by atoms with Gasteiger partial charge in [0.25, 0.3) is 0 Å². The van der Waals surface area contributed by atoms with Crippen LogP contribution in [-0.2, 0) is 0 Å². The Balaban J connectivity index is 2.33. The minimum atomic E-state index is -0.328. The van der Waals surface area contributed by atoms with E-state index in [0.717, 1.165) is 19.3 Å². The zero-order valence-electron chi connectivity index (χ0n) is 10.5. The fourth-order valence-corrected chi connectivity index (χ4v) is 1.49. The molecule has 0 spiro atoms. The Hall–Kier alpha value is -1.62. The van der Waals surface area contributed by atoms with Gasteiger partial charge in [-0.15, -0.1) is 0 Å². The van der Waals surface area contributed by atoms with Crippen LogP contribution in [-0.4, -0.2) is 36.2 Å². The van der Waals surface area contributed by atoms with Crippen molar-refractivity contribution in [3.8, 4) is 0 Å². The quantitative estimate of drug-likeness (QED) is 0.766. The number of halogens is 1. The second-order valence-electron chi connectivity index (χ2n) is 4.14. The number of anilines is 1. The van der Waals surface area contributed by atoms with E-state index in [2.05, 4.69) is 5.32 Å². The first-order valence-corrected chi connectivity index (χ1v) is 6.02. The van der Waals surface area contributed by atoms with Crippen molar-refractivity contribution >= 4 is 11.7 Å². The molecule has 0 saturated heterocycles. The predicted octanol–water partition coefficient (Wildman–Crippen LogP) is 2.45. The van der Waals surface area contributed by atoms with E-state index in [0.29, 0.717) is 12.2 Å². The topological polar surface area (TPSA) is 52.6 Å². The summed E-state index contributed by atoms with van der Waals surface area (Å²) in [7, 11) is 1.71. The molecule has 0 aliphatic rings. The second-order valence-corrected chi connectivity index (χ2v) is 4.14. The zero-order valence-corrected chi connectivity index (χ0v) is 10.5. The molecule has 1 aromatic rings. The number of hydrogen-bond donors (Lipinski definition) is 2. The van der Waals surface area contributed by atoms with Crippen molar-refractivity contribution in [3.05, 3.63) is 30.1 Å². The molecule has 100 valence electrons. The fraction of sp³-hybridized carbons (Fsp3) is 0.462. The Labute approximate surface area is 106 Å². The van der Waals surface area contributed by atoms with Gasteiger partial charge in [-0.1, -0.05) is 0 Å². The van der Waals surface area contributed by atoms with Gasteiger partial charge in [-0.25, -0.2) is 9.18 Å². The number of hydrogen-bond acceptors (Lipinski definition) is 2. The van der Waals surface area contributed by atoms with Crippen LogP contribution in [0.5, 0.6) is 0 Å². The van der Waals surface area contributed by atoms with E-state index < -0.39 is 0 Å². The molecule has 0 unspecified atom stereocenters. The lowest BCUT2D eigenvalue weighted by Crippen LogP contribution is -2.32. The van der Waals surface area contributed by atoms with Crippen LogP contribution in [0.1, 0.15) is 19.3 Å². The van der Waals surface area contributed by atoms with Crippen molar-refractivity contribution in [1.29, 1.82) is 0 Å². The summed E-state index contributed by atoms with van der Waals surface area (Å²) in [6.07, 6.45) is 2.51. The molecule has 0 aliphatic heterocycles. The molecule has 0 fully saturated rings. The van der Waals surface area contributed by atoms with Crippen LogP contribution in [0.4, 0.5) is 14.9 Å². The number of unbranched alkanes of at least 4 members (excludes halogenated alkanes) is 2. The van der Waals surface area contributed by atoms with Gasteiger partial charge in [-0.2, -0.15) is 0 Å². The molecule has 0 atom stereocenters. The molecule has 0 bridgehead atoms. The summed E-state index contributed by atoms with van der Waals surface area (Å²) in [5.74, 6) is -0.328. The van der Waals surface area contributed by atoms with E-state index in [1.807, 2.05) is 0 Å². The van der Waals surface area contributed by atoms with E-state index in [9.17, 15) is 9.18 Å². The summed E-state index contributed by atoms with van der Waals surface area (Å²) in [5, 5.41) is 11.3. The maximum Gasteiger partial charge on any atom is 0.321 e. The minimum absolute atomic E-state index is 0.186. The fourth-order valence-electron chi connectivity index (χ4n) is 1.49. The van der Waals surface area contributed by atoms with Crippen LogP contribution >= 0.6 is 0 Å². The van der Waals surface area contributed by atoms with E-state index in [-0.39, 0.29) is 18.5 Å². The molecule has 1 rings (SSSR count). The third-order valence-electron chi connectivity index (χ3n) is 2.59. The minimum Gasteiger partial charge on any atom is -0.396 e. The first-order valence-electron chi connectivity index (χ1n) is 6.02. The molecule has 18 heavy (non-hydrogen) atoms. The molecule has 4 nitrogen and oxygen atoms in total.